The molecule has 0 saturated heterocycles. The Labute approximate surface area is 110 Å². The summed E-state index contributed by atoms with van der Waals surface area (Å²) in [5.41, 5.74) is 3.62. The minimum Gasteiger partial charge on any atom is -0.298 e. The number of carbonyl (C=O) groups excluding carboxylic acids is 1. The largest absolute Gasteiger partial charge is 0.298 e. The lowest BCUT2D eigenvalue weighted by Gasteiger charge is -2.04. The summed E-state index contributed by atoms with van der Waals surface area (Å²) in [5.74, 6) is 0.841. The number of hydrogen-bond acceptors (Lipinski definition) is 3. The first kappa shape index (κ1) is 11.6. The van der Waals surface area contributed by atoms with E-state index in [0.29, 0.717) is 17.6 Å². The molecule has 0 spiro atoms. The highest BCUT2D eigenvalue weighted by molar-refractivity contribution is 5.83. The number of aromatic nitrogens is 3. The van der Waals surface area contributed by atoms with Gasteiger partial charge in [0.2, 0.25) is 0 Å². The number of benzene rings is 1. The van der Waals surface area contributed by atoms with E-state index in [1.165, 1.54) is 11.1 Å². The summed E-state index contributed by atoms with van der Waals surface area (Å²) in [4.78, 5) is 11.0. The van der Waals surface area contributed by atoms with Crippen molar-refractivity contribution in [2.24, 2.45) is 0 Å². The number of aldehydes is 1. The molecule has 0 atom stereocenters. The number of rotatable bonds is 3. The first-order valence-corrected chi connectivity index (χ1v) is 6.12. The third-order valence-electron chi connectivity index (χ3n) is 3.27. The molecule has 2 heterocycles. The van der Waals surface area contributed by atoms with Gasteiger partial charge in [-0.25, -0.2) is 0 Å². The van der Waals surface area contributed by atoms with Crippen LogP contribution in [0.3, 0.4) is 0 Å². The third kappa shape index (κ3) is 2.01. The number of pyridine rings is 1. The average molecular weight is 251 g/mol. The van der Waals surface area contributed by atoms with E-state index in [9.17, 15) is 4.79 Å². The maximum absolute atomic E-state index is 11.0. The van der Waals surface area contributed by atoms with Crippen molar-refractivity contribution in [3.8, 4) is 0 Å². The number of fused-ring (bicyclic) bond motifs is 1. The fourth-order valence-electron chi connectivity index (χ4n) is 2.18. The van der Waals surface area contributed by atoms with Crippen LogP contribution in [0.5, 0.6) is 0 Å². The van der Waals surface area contributed by atoms with E-state index in [4.69, 9.17) is 0 Å². The molecule has 1 aromatic carbocycles. The molecule has 0 aliphatic rings. The van der Waals surface area contributed by atoms with Gasteiger partial charge in [-0.3, -0.25) is 9.20 Å². The standard InChI is InChI=1S/C15H13N3O/c1-11-5-2-3-6-12(11)9-14-16-17-15-13(10-19)7-4-8-18(14)15/h2-8,10H,9H2,1H3. The van der Waals surface area contributed by atoms with E-state index < -0.39 is 0 Å². The van der Waals surface area contributed by atoms with Gasteiger partial charge in [0, 0.05) is 12.6 Å². The second-order valence-corrected chi connectivity index (χ2v) is 4.49. The number of aryl methyl sites for hydroxylation is 1. The molecule has 0 unspecified atom stereocenters. The maximum Gasteiger partial charge on any atom is 0.171 e. The summed E-state index contributed by atoms with van der Waals surface area (Å²) >= 11 is 0. The lowest BCUT2D eigenvalue weighted by atomic mass is 10.1. The number of nitrogens with zero attached hydrogens (tertiary/aromatic N) is 3. The minimum absolute atomic E-state index is 0.561. The van der Waals surface area contributed by atoms with Crippen molar-refractivity contribution < 1.29 is 4.79 Å². The molecule has 0 amide bonds. The summed E-state index contributed by atoms with van der Waals surface area (Å²) in [7, 11) is 0. The van der Waals surface area contributed by atoms with Gasteiger partial charge in [0.25, 0.3) is 0 Å². The van der Waals surface area contributed by atoms with E-state index in [1.807, 2.05) is 28.8 Å². The molecule has 4 heteroatoms. The fourth-order valence-corrected chi connectivity index (χ4v) is 2.18. The Bertz CT molecular complexity index is 746. The highest BCUT2D eigenvalue weighted by atomic mass is 16.1. The van der Waals surface area contributed by atoms with Crippen LogP contribution in [0.1, 0.15) is 27.3 Å². The van der Waals surface area contributed by atoms with Crippen LogP contribution in [0.4, 0.5) is 0 Å². The zero-order chi connectivity index (χ0) is 13.2. The van der Waals surface area contributed by atoms with Crippen molar-refractivity contribution in [1.82, 2.24) is 14.6 Å². The first-order chi connectivity index (χ1) is 9.29. The van der Waals surface area contributed by atoms with Gasteiger partial charge in [-0.1, -0.05) is 24.3 Å². The lowest BCUT2D eigenvalue weighted by molar-refractivity contribution is 0.112. The van der Waals surface area contributed by atoms with Gasteiger partial charge >= 0.3 is 0 Å². The molecule has 0 radical (unpaired) electrons. The quantitative estimate of drug-likeness (QED) is 0.672. The van der Waals surface area contributed by atoms with Crippen LogP contribution >= 0.6 is 0 Å². The second-order valence-electron chi connectivity index (χ2n) is 4.49. The lowest BCUT2D eigenvalue weighted by Crippen LogP contribution is -1.99. The molecular weight excluding hydrogens is 238 g/mol. The Morgan fingerprint density at radius 1 is 1.16 bits per heavy atom. The van der Waals surface area contributed by atoms with E-state index in [2.05, 4.69) is 29.3 Å². The van der Waals surface area contributed by atoms with Crippen LogP contribution in [-0.4, -0.2) is 20.9 Å². The molecule has 4 nitrogen and oxygen atoms in total. The summed E-state index contributed by atoms with van der Waals surface area (Å²) in [6, 6.07) is 11.8. The van der Waals surface area contributed by atoms with Crippen molar-refractivity contribution >= 4 is 11.9 Å². The molecule has 0 aliphatic heterocycles. The van der Waals surface area contributed by atoms with Crippen molar-refractivity contribution in [1.29, 1.82) is 0 Å². The fraction of sp³-hybridized carbons (Fsp3) is 0.133. The normalized spacial score (nSPS) is 10.8. The highest BCUT2D eigenvalue weighted by Gasteiger charge is 2.10. The summed E-state index contributed by atoms with van der Waals surface area (Å²) in [5, 5.41) is 8.29. The van der Waals surface area contributed by atoms with E-state index in [0.717, 1.165) is 12.1 Å². The molecule has 3 aromatic rings. The maximum atomic E-state index is 11.0. The summed E-state index contributed by atoms with van der Waals surface area (Å²) in [6.07, 6.45) is 3.40. The molecule has 0 aliphatic carbocycles. The third-order valence-corrected chi connectivity index (χ3v) is 3.27. The van der Waals surface area contributed by atoms with Crippen molar-refractivity contribution in [3.63, 3.8) is 0 Å². The Morgan fingerprint density at radius 3 is 2.79 bits per heavy atom. The summed E-state index contributed by atoms with van der Waals surface area (Å²) < 4.78 is 1.87. The second kappa shape index (κ2) is 4.65. The molecule has 3 rings (SSSR count). The highest BCUT2D eigenvalue weighted by Crippen LogP contribution is 2.14. The van der Waals surface area contributed by atoms with Crippen LogP contribution in [0.2, 0.25) is 0 Å². The molecular formula is C15H13N3O. The molecule has 0 saturated carbocycles. The zero-order valence-corrected chi connectivity index (χ0v) is 10.6. The van der Waals surface area contributed by atoms with Crippen LogP contribution in [-0.2, 0) is 6.42 Å². The van der Waals surface area contributed by atoms with Gasteiger partial charge in [0.1, 0.15) is 5.82 Å². The topological polar surface area (TPSA) is 47.3 Å². The number of carbonyl (C=O) groups is 1. The average Bonchev–Trinajstić information content (AvgIpc) is 2.84. The van der Waals surface area contributed by atoms with Gasteiger partial charge in [-0.2, -0.15) is 0 Å². The van der Waals surface area contributed by atoms with Gasteiger partial charge in [0.05, 0.1) is 5.56 Å². The predicted octanol–water partition coefficient (Wildman–Crippen LogP) is 2.44. The Hall–Kier alpha value is -2.49. The van der Waals surface area contributed by atoms with Crippen LogP contribution in [0, 0.1) is 6.92 Å². The van der Waals surface area contributed by atoms with Gasteiger partial charge in [0.15, 0.2) is 11.9 Å². The Morgan fingerprint density at radius 2 is 2.00 bits per heavy atom. The van der Waals surface area contributed by atoms with Crippen molar-refractivity contribution in [2.75, 3.05) is 0 Å². The van der Waals surface area contributed by atoms with E-state index >= 15 is 0 Å². The smallest absolute Gasteiger partial charge is 0.171 e. The molecule has 0 fully saturated rings. The van der Waals surface area contributed by atoms with Gasteiger partial charge in [-0.05, 0) is 30.2 Å². The van der Waals surface area contributed by atoms with Crippen LogP contribution in [0.15, 0.2) is 42.6 Å². The molecule has 2 aromatic heterocycles. The monoisotopic (exact) mass is 251 g/mol. The predicted molar refractivity (Wildman–Crippen MR) is 72.4 cm³/mol. The molecule has 0 N–H and O–H groups in total. The van der Waals surface area contributed by atoms with Gasteiger partial charge in [-0.15, -0.1) is 10.2 Å². The Balaban J connectivity index is 2.07. The minimum atomic E-state index is 0.561. The summed E-state index contributed by atoms with van der Waals surface area (Å²) in [6.45, 7) is 2.08. The molecule has 19 heavy (non-hydrogen) atoms. The molecule has 0 bridgehead atoms. The SMILES string of the molecule is Cc1ccccc1Cc1nnc2c(C=O)cccn12. The van der Waals surface area contributed by atoms with E-state index in [-0.39, 0.29) is 0 Å². The Kier molecular flexibility index (Phi) is 2.83. The van der Waals surface area contributed by atoms with Crippen molar-refractivity contribution in [3.05, 3.63) is 65.1 Å². The number of hydrogen-bond donors (Lipinski definition) is 0. The van der Waals surface area contributed by atoms with Crippen LogP contribution in [0.25, 0.3) is 5.65 Å². The van der Waals surface area contributed by atoms with Crippen LogP contribution < -0.4 is 0 Å². The van der Waals surface area contributed by atoms with E-state index in [1.54, 1.807) is 6.07 Å². The van der Waals surface area contributed by atoms with Crippen molar-refractivity contribution in [2.45, 2.75) is 13.3 Å². The molecule has 94 valence electrons. The zero-order valence-electron chi connectivity index (χ0n) is 10.6. The van der Waals surface area contributed by atoms with Gasteiger partial charge < -0.3 is 0 Å². The first-order valence-electron chi connectivity index (χ1n) is 6.12.